The highest BCUT2D eigenvalue weighted by Gasteiger charge is 2.20. The number of hydrogen-bond donors (Lipinski definition) is 2. The van der Waals surface area contributed by atoms with Gasteiger partial charge in [0.1, 0.15) is 6.10 Å². The van der Waals surface area contributed by atoms with Gasteiger partial charge in [-0.1, -0.05) is 43.2 Å². The average molecular weight is 345 g/mol. The van der Waals surface area contributed by atoms with E-state index in [-0.39, 0.29) is 6.04 Å². The van der Waals surface area contributed by atoms with Gasteiger partial charge in [-0.15, -0.1) is 11.3 Å². The number of rotatable bonds is 6. The number of hydrogen-bond acceptors (Lipinski definition) is 4. The maximum absolute atomic E-state index is 10.6. The minimum Gasteiger partial charge on any atom is -0.386 e. The van der Waals surface area contributed by atoms with Gasteiger partial charge in [-0.3, -0.25) is 4.90 Å². The summed E-state index contributed by atoms with van der Waals surface area (Å²) in [6, 6.07) is 14.1. The molecular weight excluding hydrogens is 316 g/mol. The van der Waals surface area contributed by atoms with E-state index in [2.05, 4.69) is 23.1 Å². The van der Waals surface area contributed by atoms with E-state index in [0.717, 1.165) is 11.4 Å². The van der Waals surface area contributed by atoms with E-state index in [1.807, 2.05) is 24.3 Å². The third-order valence-corrected chi connectivity index (χ3v) is 5.91. The molecule has 24 heavy (non-hydrogen) atoms. The Bertz CT molecular complexity index is 605. The molecule has 2 aromatic rings. The van der Waals surface area contributed by atoms with Crippen molar-refractivity contribution in [3.63, 3.8) is 0 Å². The molecule has 1 aromatic heterocycles. The van der Waals surface area contributed by atoms with E-state index in [0.29, 0.717) is 6.42 Å². The molecule has 3 rings (SSSR count). The van der Waals surface area contributed by atoms with Crippen molar-refractivity contribution in [3.05, 3.63) is 57.8 Å². The van der Waals surface area contributed by atoms with Crippen LogP contribution in [0.1, 0.15) is 47.1 Å². The molecule has 0 bridgehead atoms. The first-order chi connectivity index (χ1) is 11.7. The second-order valence-corrected chi connectivity index (χ2v) is 7.99. The van der Waals surface area contributed by atoms with E-state index in [4.69, 9.17) is 5.73 Å². The molecule has 1 saturated heterocycles. The van der Waals surface area contributed by atoms with Crippen LogP contribution >= 0.6 is 11.3 Å². The van der Waals surface area contributed by atoms with Crippen LogP contribution in [0.2, 0.25) is 0 Å². The van der Waals surface area contributed by atoms with Crippen LogP contribution in [0.5, 0.6) is 0 Å². The van der Waals surface area contributed by atoms with Crippen molar-refractivity contribution in [3.8, 4) is 0 Å². The van der Waals surface area contributed by atoms with Crippen LogP contribution in [0.25, 0.3) is 0 Å². The van der Waals surface area contributed by atoms with Crippen molar-refractivity contribution < 1.29 is 5.11 Å². The number of aliphatic hydroxyl groups excluding tert-OH is 1. The molecule has 1 fully saturated rings. The summed E-state index contributed by atoms with van der Waals surface area (Å²) < 4.78 is 0. The van der Waals surface area contributed by atoms with Crippen molar-refractivity contribution in [1.29, 1.82) is 0 Å². The summed E-state index contributed by atoms with van der Waals surface area (Å²) in [6.07, 6.45) is 5.44. The van der Waals surface area contributed by atoms with Gasteiger partial charge in [-0.25, -0.2) is 0 Å². The van der Waals surface area contributed by atoms with Gasteiger partial charge in [0.25, 0.3) is 0 Å². The number of nitrogens with two attached hydrogens (primary N) is 1. The monoisotopic (exact) mass is 344 g/mol. The van der Waals surface area contributed by atoms with E-state index in [1.165, 1.54) is 49.2 Å². The highest BCUT2D eigenvalue weighted by Crippen LogP contribution is 2.27. The SMILES string of the molecule is NC(Cc1ccccc1)C(O)c1ccc(CN2CCCCCC2)s1. The molecule has 1 aromatic carbocycles. The highest BCUT2D eigenvalue weighted by atomic mass is 32.1. The molecule has 1 aliphatic rings. The lowest BCUT2D eigenvalue weighted by molar-refractivity contribution is 0.150. The van der Waals surface area contributed by atoms with E-state index >= 15 is 0 Å². The number of thiophene rings is 1. The van der Waals surface area contributed by atoms with Crippen LogP contribution in [-0.2, 0) is 13.0 Å². The summed E-state index contributed by atoms with van der Waals surface area (Å²) >= 11 is 1.71. The third-order valence-electron chi connectivity index (χ3n) is 4.77. The van der Waals surface area contributed by atoms with Gasteiger partial charge < -0.3 is 10.8 Å². The molecule has 3 N–H and O–H groups in total. The summed E-state index contributed by atoms with van der Waals surface area (Å²) in [5.74, 6) is 0. The fourth-order valence-electron chi connectivity index (χ4n) is 3.36. The Morgan fingerprint density at radius 3 is 2.42 bits per heavy atom. The smallest absolute Gasteiger partial charge is 0.104 e. The average Bonchev–Trinajstić information content (AvgIpc) is 2.90. The minimum absolute atomic E-state index is 0.267. The van der Waals surface area contributed by atoms with Gasteiger partial charge >= 0.3 is 0 Å². The summed E-state index contributed by atoms with van der Waals surface area (Å²) in [5.41, 5.74) is 7.41. The molecule has 2 unspecified atom stereocenters. The Labute approximate surface area is 149 Å². The summed E-state index contributed by atoms with van der Waals surface area (Å²) in [4.78, 5) is 4.86. The molecule has 4 heteroatoms. The first-order valence-electron chi connectivity index (χ1n) is 9.01. The standard InChI is InChI=1S/C20H28N2OS/c21-18(14-16-8-4-3-5-9-16)20(23)19-11-10-17(24-19)15-22-12-6-1-2-7-13-22/h3-5,8-11,18,20,23H,1-2,6-7,12-15,21H2. The Morgan fingerprint density at radius 1 is 1.00 bits per heavy atom. The zero-order valence-electron chi connectivity index (χ0n) is 14.2. The summed E-state index contributed by atoms with van der Waals surface area (Å²) in [6.45, 7) is 3.40. The molecule has 3 nitrogen and oxygen atoms in total. The van der Waals surface area contributed by atoms with Crippen molar-refractivity contribution in [2.45, 2.75) is 50.8 Å². The van der Waals surface area contributed by atoms with Crippen molar-refractivity contribution in [2.24, 2.45) is 5.73 Å². The lowest BCUT2D eigenvalue weighted by atomic mass is 10.0. The zero-order chi connectivity index (χ0) is 16.8. The fourth-order valence-corrected chi connectivity index (χ4v) is 4.48. The van der Waals surface area contributed by atoms with Gasteiger partial charge in [0, 0.05) is 22.3 Å². The quantitative estimate of drug-likeness (QED) is 0.839. The zero-order valence-corrected chi connectivity index (χ0v) is 15.0. The number of nitrogens with zero attached hydrogens (tertiary/aromatic N) is 1. The van der Waals surface area contributed by atoms with Crippen molar-refractivity contribution in [2.75, 3.05) is 13.1 Å². The van der Waals surface area contributed by atoms with Crippen LogP contribution in [0.4, 0.5) is 0 Å². The van der Waals surface area contributed by atoms with Gasteiger partial charge in [0.15, 0.2) is 0 Å². The molecule has 130 valence electrons. The Kier molecular flexibility index (Phi) is 6.44. The fraction of sp³-hybridized carbons (Fsp3) is 0.500. The normalized spacial score (nSPS) is 18.9. The summed E-state index contributed by atoms with van der Waals surface area (Å²) in [7, 11) is 0. The van der Waals surface area contributed by atoms with Gasteiger partial charge in [0.05, 0.1) is 0 Å². The van der Waals surface area contributed by atoms with Gasteiger partial charge in [-0.05, 0) is 50.0 Å². The first kappa shape index (κ1) is 17.6. The maximum Gasteiger partial charge on any atom is 0.104 e. The largest absolute Gasteiger partial charge is 0.386 e. The minimum atomic E-state index is -0.590. The lowest BCUT2D eigenvalue weighted by Gasteiger charge is -2.19. The van der Waals surface area contributed by atoms with E-state index < -0.39 is 6.10 Å². The molecule has 0 amide bonds. The van der Waals surface area contributed by atoms with Gasteiger partial charge in [-0.2, -0.15) is 0 Å². The Hall–Kier alpha value is -1.20. The molecule has 0 spiro atoms. The van der Waals surface area contributed by atoms with Crippen LogP contribution in [0.3, 0.4) is 0 Å². The molecule has 2 heterocycles. The molecule has 0 aliphatic carbocycles. The maximum atomic E-state index is 10.6. The van der Waals surface area contributed by atoms with E-state index in [9.17, 15) is 5.11 Å². The Morgan fingerprint density at radius 2 is 1.71 bits per heavy atom. The van der Waals surface area contributed by atoms with E-state index in [1.54, 1.807) is 11.3 Å². The molecular formula is C20H28N2OS. The lowest BCUT2D eigenvalue weighted by Crippen LogP contribution is -2.30. The number of likely N-dealkylation sites (tertiary alicyclic amines) is 1. The predicted molar refractivity (Wildman–Crippen MR) is 101 cm³/mol. The molecule has 0 radical (unpaired) electrons. The van der Waals surface area contributed by atoms with Gasteiger partial charge in [0.2, 0.25) is 0 Å². The number of benzene rings is 1. The molecule has 2 atom stereocenters. The Balaban J connectivity index is 1.57. The van der Waals surface area contributed by atoms with Crippen LogP contribution in [-0.4, -0.2) is 29.1 Å². The van der Waals surface area contributed by atoms with Crippen molar-refractivity contribution in [1.82, 2.24) is 4.90 Å². The van der Waals surface area contributed by atoms with Crippen LogP contribution < -0.4 is 5.73 Å². The second-order valence-electron chi connectivity index (χ2n) is 6.79. The van der Waals surface area contributed by atoms with Crippen LogP contribution in [0.15, 0.2) is 42.5 Å². The third kappa shape index (κ3) is 4.90. The first-order valence-corrected chi connectivity index (χ1v) is 9.82. The number of aliphatic hydroxyl groups is 1. The highest BCUT2D eigenvalue weighted by molar-refractivity contribution is 7.12. The molecule has 0 saturated carbocycles. The second kappa shape index (κ2) is 8.77. The summed E-state index contributed by atoms with van der Waals surface area (Å²) in [5, 5.41) is 10.6. The predicted octanol–water partition coefficient (Wildman–Crippen LogP) is 3.73. The van der Waals surface area contributed by atoms with Crippen LogP contribution in [0, 0.1) is 0 Å². The molecule has 1 aliphatic heterocycles. The topological polar surface area (TPSA) is 49.5 Å². The van der Waals surface area contributed by atoms with Crippen molar-refractivity contribution >= 4 is 11.3 Å².